The molecule has 0 atom stereocenters. The van der Waals surface area contributed by atoms with Gasteiger partial charge in [0.25, 0.3) is 5.56 Å². The van der Waals surface area contributed by atoms with E-state index in [1.807, 2.05) is 39.0 Å². The van der Waals surface area contributed by atoms with E-state index in [9.17, 15) is 9.59 Å². The van der Waals surface area contributed by atoms with Crippen LogP contribution in [0.5, 0.6) is 5.75 Å². The molecule has 28 heavy (non-hydrogen) atoms. The highest BCUT2D eigenvalue weighted by Crippen LogP contribution is 2.22. The zero-order valence-electron chi connectivity index (χ0n) is 16.9. The van der Waals surface area contributed by atoms with Crippen molar-refractivity contribution in [3.8, 4) is 5.75 Å². The number of aryl methyl sites for hydroxylation is 4. The first kappa shape index (κ1) is 19.4. The molecule has 0 radical (unpaired) electrons. The summed E-state index contributed by atoms with van der Waals surface area (Å²) in [6.45, 7) is 6.13. The molecule has 148 valence electrons. The summed E-state index contributed by atoms with van der Waals surface area (Å²) in [6.07, 6.45) is 0. The van der Waals surface area contributed by atoms with Crippen molar-refractivity contribution in [3.05, 3.63) is 50.2 Å². The van der Waals surface area contributed by atoms with E-state index >= 15 is 0 Å². The SMILES string of the molecule is C/C(COc1c(C)cccc1C)=N/Nc1nc2c(c(=O)n(C)c(=O)n2C)n1C. The third kappa shape index (κ3) is 3.30. The van der Waals surface area contributed by atoms with Gasteiger partial charge < -0.3 is 9.30 Å². The van der Waals surface area contributed by atoms with Gasteiger partial charge in [-0.1, -0.05) is 18.2 Å². The number of ether oxygens (including phenoxy) is 1. The van der Waals surface area contributed by atoms with Crippen LogP contribution < -0.4 is 21.4 Å². The first-order valence-corrected chi connectivity index (χ1v) is 8.83. The molecule has 0 fully saturated rings. The van der Waals surface area contributed by atoms with E-state index in [2.05, 4.69) is 15.5 Å². The normalized spacial score (nSPS) is 11.9. The second-order valence-corrected chi connectivity index (χ2v) is 6.84. The Morgan fingerprint density at radius 3 is 2.39 bits per heavy atom. The minimum atomic E-state index is -0.427. The molecule has 0 saturated heterocycles. The lowest BCUT2D eigenvalue weighted by Crippen LogP contribution is -2.37. The molecule has 0 unspecified atom stereocenters. The molecule has 0 saturated carbocycles. The summed E-state index contributed by atoms with van der Waals surface area (Å²) >= 11 is 0. The number of para-hydroxylation sites is 1. The van der Waals surface area contributed by atoms with Crippen LogP contribution in [0.1, 0.15) is 18.1 Å². The van der Waals surface area contributed by atoms with E-state index in [4.69, 9.17) is 4.74 Å². The maximum Gasteiger partial charge on any atom is 0.332 e. The number of fused-ring (bicyclic) bond motifs is 1. The Bertz CT molecular complexity index is 1180. The van der Waals surface area contributed by atoms with Crippen LogP contribution in [0.4, 0.5) is 5.95 Å². The van der Waals surface area contributed by atoms with E-state index in [0.717, 1.165) is 21.4 Å². The number of benzene rings is 1. The lowest BCUT2D eigenvalue weighted by Gasteiger charge is -2.11. The van der Waals surface area contributed by atoms with Crippen molar-refractivity contribution in [2.45, 2.75) is 20.8 Å². The first-order chi connectivity index (χ1) is 13.2. The van der Waals surface area contributed by atoms with Gasteiger partial charge in [0.15, 0.2) is 11.2 Å². The summed E-state index contributed by atoms with van der Waals surface area (Å²) in [4.78, 5) is 28.8. The lowest BCUT2D eigenvalue weighted by molar-refractivity contribution is 0.370. The number of imidazole rings is 1. The second kappa shape index (κ2) is 7.34. The molecule has 3 rings (SSSR count). The van der Waals surface area contributed by atoms with Crippen LogP contribution in [0.2, 0.25) is 0 Å². The number of nitrogens with zero attached hydrogens (tertiary/aromatic N) is 5. The minimum Gasteiger partial charge on any atom is -0.487 e. The van der Waals surface area contributed by atoms with Crippen molar-refractivity contribution in [1.29, 1.82) is 0 Å². The highest BCUT2D eigenvalue weighted by Gasteiger charge is 2.16. The van der Waals surface area contributed by atoms with Crippen molar-refractivity contribution >= 4 is 22.8 Å². The molecule has 1 aromatic carbocycles. The Balaban J connectivity index is 1.84. The summed E-state index contributed by atoms with van der Waals surface area (Å²) in [6, 6.07) is 5.98. The number of hydrogen-bond acceptors (Lipinski definition) is 6. The molecule has 0 bridgehead atoms. The van der Waals surface area contributed by atoms with Gasteiger partial charge in [-0.05, 0) is 31.9 Å². The lowest BCUT2D eigenvalue weighted by atomic mass is 10.1. The Hall–Kier alpha value is -3.36. The molecular formula is C19H24N6O3. The summed E-state index contributed by atoms with van der Waals surface area (Å²) < 4.78 is 9.86. The van der Waals surface area contributed by atoms with Gasteiger partial charge in [-0.2, -0.15) is 10.1 Å². The van der Waals surface area contributed by atoms with Gasteiger partial charge in [0.2, 0.25) is 5.95 Å². The second-order valence-electron chi connectivity index (χ2n) is 6.84. The van der Waals surface area contributed by atoms with Crippen LogP contribution in [-0.2, 0) is 21.1 Å². The van der Waals surface area contributed by atoms with E-state index in [0.29, 0.717) is 29.4 Å². The fourth-order valence-corrected chi connectivity index (χ4v) is 3.00. The molecular weight excluding hydrogens is 360 g/mol. The van der Waals surface area contributed by atoms with Crippen LogP contribution in [0.3, 0.4) is 0 Å². The van der Waals surface area contributed by atoms with Crippen molar-refractivity contribution in [1.82, 2.24) is 18.7 Å². The average molecular weight is 384 g/mol. The summed E-state index contributed by atoms with van der Waals surface area (Å²) in [5, 5.41) is 4.29. The molecule has 9 heteroatoms. The Morgan fingerprint density at radius 2 is 1.75 bits per heavy atom. The molecule has 0 aliphatic heterocycles. The van der Waals surface area contributed by atoms with Gasteiger partial charge in [-0.3, -0.25) is 13.9 Å². The van der Waals surface area contributed by atoms with Crippen LogP contribution in [0.25, 0.3) is 11.2 Å². The highest BCUT2D eigenvalue weighted by molar-refractivity contribution is 5.84. The fraction of sp³-hybridized carbons (Fsp3) is 0.368. The minimum absolute atomic E-state index is 0.303. The largest absolute Gasteiger partial charge is 0.487 e. The van der Waals surface area contributed by atoms with E-state index < -0.39 is 11.2 Å². The summed E-state index contributed by atoms with van der Waals surface area (Å²) in [5.74, 6) is 1.21. The number of hydrogen-bond donors (Lipinski definition) is 1. The molecule has 0 aliphatic carbocycles. The molecule has 1 N–H and O–H groups in total. The molecule has 0 spiro atoms. The number of hydrazone groups is 1. The topological polar surface area (TPSA) is 95.4 Å². The standard InChI is InChI=1S/C19H24N6O3/c1-11-8-7-9-12(2)15(11)28-10-13(3)21-22-18-20-16-14(23(18)4)17(26)25(6)19(27)24(16)5/h7-9H,10H2,1-6H3,(H,20,22)/b21-13-. The summed E-state index contributed by atoms with van der Waals surface area (Å²) in [5.41, 5.74) is 5.49. The predicted molar refractivity (Wildman–Crippen MR) is 109 cm³/mol. The van der Waals surface area contributed by atoms with Crippen molar-refractivity contribution < 1.29 is 4.74 Å². The van der Waals surface area contributed by atoms with E-state index in [1.165, 1.54) is 11.6 Å². The van der Waals surface area contributed by atoms with Gasteiger partial charge in [0.05, 0.1) is 5.71 Å². The van der Waals surface area contributed by atoms with Gasteiger partial charge in [0.1, 0.15) is 12.4 Å². The van der Waals surface area contributed by atoms with E-state index in [1.54, 1.807) is 18.7 Å². The van der Waals surface area contributed by atoms with Crippen LogP contribution in [-0.4, -0.2) is 31.0 Å². The average Bonchev–Trinajstić information content (AvgIpc) is 2.99. The van der Waals surface area contributed by atoms with Gasteiger partial charge >= 0.3 is 5.69 Å². The van der Waals surface area contributed by atoms with E-state index in [-0.39, 0.29) is 0 Å². The number of aromatic nitrogens is 4. The Labute approximate surface area is 161 Å². The molecule has 0 aliphatic rings. The van der Waals surface area contributed by atoms with Crippen LogP contribution in [0.15, 0.2) is 32.9 Å². The van der Waals surface area contributed by atoms with Crippen molar-refractivity contribution in [2.75, 3.05) is 12.0 Å². The number of rotatable bonds is 5. The third-order valence-corrected chi connectivity index (χ3v) is 4.66. The Kier molecular flexibility index (Phi) is 5.08. The molecule has 2 heterocycles. The molecule has 0 amide bonds. The van der Waals surface area contributed by atoms with Crippen LogP contribution >= 0.6 is 0 Å². The highest BCUT2D eigenvalue weighted by atomic mass is 16.5. The first-order valence-electron chi connectivity index (χ1n) is 8.83. The maximum atomic E-state index is 12.4. The maximum absolute atomic E-state index is 12.4. The number of anilines is 1. The third-order valence-electron chi connectivity index (χ3n) is 4.66. The molecule has 9 nitrogen and oxygen atoms in total. The van der Waals surface area contributed by atoms with Crippen molar-refractivity contribution in [2.24, 2.45) is 26.2 Å². The van der Waals surface area contributed by atoms with Crippen LogP contribution in [0, 0.1) is 13.8 Å². The zero-order chi connectivity index (χ0) is 20.6. The van der Waals surface area contributed by atoms with Gasteiger partial charge in [-0.25, -0.2) is 10.2 Å². The summed E-state index contributed by atoms with van der Waals surface area (Å²) in [7, 11) is 4.72. The monoisotopic (exact) mass is 384 g/mol. The van der Waals surface area contributed by atoms with Gasteiger partial charge in [-0.15, -0.1) is 0 Å². The molecule has 2 aromatic heterocycles. The molecule has 3 aromatic rings. The number of nitrogens with one attached hydrogen (secondary N) is 1. The predicted octanol–water partition coefficient (Wildman–Crippen LogP) is 1.45. The Morgan fingerprint density at radius 1 is 1.11 bits per heavy atom. The smallest absolute Gasteiger partial charge is 0.332 e. The van der Waals surface area contributed by atoms with Crippen molar-refractivity contribution in [3.63, 3.8) is 0 Å². The fourth-order valence-electron chi connectivity index (χ4n) is 3.00. The van der Waals surface area contributed by atoms with Gasteiger partial charge in [0, 0.05) is 21.1 Å². The zero-order valence-corrected chi connectivity index (χ0v) is 16.9. The quantitative estimate of drug-likeness (QED) is 0.531.